The van der Waals surface area contributed by atoms with E-state index in [1.54, 1.807) is 31.2 Å². The first-order valence-electron chi connectivity index (χ1n) is 11.6. The van der Waals surface area contributed by atoms with Gasteiger partial charge < -0.3 is 46.2 Å². The highest BCUT2D eigenvalue weighted by Gasteiger charge is 2.69. The molecule has 2 aliphatic rings. The Morgan fingerprint density at radius 3 is 2.24 bits per heavy atom. The van der Waals surface area contributed by atoms with Gasteiger partial charge in [-0.1, -0.05) is 42.8 Å². The molecule has 38 heavy (non-hydrogen) atoms. The molecule has 11 nitrogen and oxygen atoms in total. The highest BCUT2D eigenvalue weighted by molar-refractivity contribution is 6.33. The first-order valence-corrected chi connectivity index (χ1v) is 11.9. The SMILES string of the molecule is CC1c2c(Cl)c(O)c(O)c(O)c2C1C1(O)CC(O)(C(O)(O)Nc2cccc(-c3cccc(C(=O)O)c3)c2)N1. The number of nitrogens with one attached hydrogen (secondary N) is 2. The standard InChI is InChI=1S/C26H25ClN2O9/c1-11-16-17(20(30)22(32)21(31)19(16)27)18(11)24(35)10-25(36,29-24)26(37,38)28-15-7-3-5-13(9-15)12-4-2-6-14(8-12)23(33)34/h2-9,11,18,28-32,35-38H,10H2,1H3,(H,33,34). The van der Waals surface area contributed by atoms with Gasteiger partial charge in [-0.25, -0.2) is 4.79 Å². The molecule has 0 spiro atoms. The molecule has 1 saturated heterocycles. The molecule has 1 aliphatic heterocycles. The molecule has 1 fully saturated rings. The molecule has 0 saturated carbocycles. The van der Waals surface area contributed by atoms with Crippen LogP contribution in [0.1, 0.15) is 46.7 Å². The van der Waals surface area contributed by atoms with Crippen molar-refractivity contribution < 1.29 is 45.6 Å². The van der Waals surface area contributed by atoms with E-state index in [0.717, 1.165) is 0 Å². The fourth-order valence-electron chi connectivity index (χ4n) is 5.49. The summed E-state index contributed by atoms with van der Waals surface area (Å²) in [7, 11) is 0. The number of aromatic hydroxyl groups is 3. The molecule has 4 unspecified atom stereocenters. The van der Waals surface area contributed by atoms with E-state index < -0.39 is 58.8 Å². The predicted octanol–water partition coefficient (Wildman–Crippen LogP) is 2.14. The summed E-state index contributed by atoms with van der Waals surface area (Å²) in [6, 6.07) is 12.5. The van der Waals surface area contributed by atoms with Crippen molar-refractivity contribution in [3.05, 3.63) is 70.2 Å². The van der Waals surface area contributed by atoms with Crippen LogP contribution in [0.5, 0.6) is 17.2 Å². The van der Waals surface area contributed by atoms with Gasteiger partial charge in [0, 0.05) is 23.6 Å². The number of halogens is 1. The molecule has 3 aromatic carbocycles. The second kappa shape index (κ2) is 8.46. The van der Waals surface area contributed by atoms with Crippen LogP contribution in [0.25, 0.3) is 11.1 Å². The Kier molecular flexibility index (Phi) is 5.80. The van der Waals surface area contributed by atoms with Crippen LogP contribution in [0.15, 0.2) is 48.5 Å². The highest BCUT2D eigenvalue weighted by atomic mass is 35.5. The molecule has 4 atom stereocenters. The van der Waals surface area contributed by atoms with Gasteiger partial charge in [-0.3, -0.25) is 5.32 Å². The zero-order valence-electron chi connectivity index (χ0n) is 19.8. The Bertz CT molecular complexity index is 1470. The minimum Gasteiger partial charge on any atom is -0.504 e. The Balaban J connectivity index is 1.37. The monoisotopic (exact) mass is 544 g/mol. The number of carboxylic acid groups (broad SMARTS) is 1. The number of hydrogen-bond acceptors (Lipinski definition) is 10. The minimum atomic E-state index is -2.99. The number of fused-ring (bicyclic) bond motifs is 1. The van der Waals surface area contributed by atoms with Crippen LogP contribution in [0, 0.1) is 0 Å². The third kappa shape index (κ3) is 3.75. The summed E-state index contributed by atoms with van der Waals surface area (Å²) in [4.78, 5) is 11.3. The Morgan fingerprint density at radius 1 is 1.00 bits per heavy atom. The molecule has 0 amide bonds. The lowest BCUT2D eigenvalue weighted by atomic mass is 9.59. The molecule has 0 radical (unpaired) electrons. The highest BCUT2D eigenvalue weighted by Crippen LogP contribution is 2.64. The van der Waals surface area contributed by atoms with Crippen LogP contribution in [-0.4, -0.2) is 64.2 Å². The van der Waals surface area contributed by atoms with Crippen molar-refractivity contribution >= 4 is 23.3 Å². The van der Waals surface area contributed by atoms with Crippen molar-refractivity contribution in [3.63, 3.8) is 0 Å². The van der Waals surface area contributed by atoms with Crippen molar-refractivity contribution in [2.45, 2.75) is 42.5 Å². The van der Waals surface area contributed by atoms with Gasteiger partial charge in [0.1, 0.15) is 5.72 Å². The smallest absolute Gasteiger partial charge is 0.335 e. The largest absolute Gasteiger partial charge is 0.504 e. The summed E-state index contributed by atoms with van der Waals surface area (Å²) in [6.45, 7) is 1.65. The Hall–Kier alpha value is -3.58. The predicted molar refractivity (Wildman–Crippen MR) is 135 cm³/mol. The maximum Gasteiger partial charge on any atom is 0.335 e. The van der Waals surface area contributed by atoms with Crippen LogP contribution in [0.3, 0.4) is 0 Å². The number of aliphatic hydroxyl groups is 4. The normalized spacial score (nSPS) is 26.2. The molecule has 12 heteroatoms. The molecular weight excluding hydrogens is 520 g/mol. The first kappa shape index (κ1) is 26.0. The maximum atomic E-state index is 11.3. The number of benzene rings is 3. The average molecular weight is 545 g/mol. The van der Waals surface area contributed by atoms with Gasteiger partial charge >= 0.3 is 5.97 Å². The van der Waals surface area contributed by atoms with Crippen LogP contribution < -0.4 is 10.6 Å². The third-order valence-electron chi connectivity index (χ3n) is 7.37. The van der Waals surface area contributed by atoms with Crippen molar-refractivity contribution in [2.24, 2.45) is 0 Å². The Morgan fingerprint density at radius 2 is 1.61 bits per heavy atom. The fourth-order valence-corrected chi connectivity index (χ4v) is 5.85. The van der Waals surface area contributed by atoms with E-state index in [9.17, 15) is 45.6 Å². The number of phenols is 3. The van der Waals surface area contributed by atoms with Crippen LogP contribution in [-0.2, 0) is 0 Å². The molecule has 0 bridgehead atoms. The Labute approximate surface area is 220 Å². The topological polar surface area (TPSA) is 203 Å². The number of hydrogen-bond donors (Lipinski definition) is 10. The zero-order chi connectivity index (χ0) is 27.8. The van der Waals surface area contributed by atoms with Gasteiger partial charge in [0.15, 0.2) is 17.2 Å². The number of carbonyl (C=O) groups is 1. The average Bonchev–Trinajstić information content (AvgIpc) is 2.84. The number of carboxylic acids is 1. The first-order chi connectivity index (χ1) is 17.7. The van der Waals surface area contributed by atoms with Crippen LogP contribution >= 0.6 is 11.6 Å². The molecule has 0 aromatic heterocycles. The lowest BCUT2D eigenvalue weighted by molar-refractivity contribution is -0.351. The van der Waals surface area contributed by atoms with E-state index >= 15 is 0 Å². The maximum absolute atomic E-state index is 11.3. The number of rotatable bonds is 6. The molecule has 10 N–H and O–H groups in total. The molecule has 5 rings (SSSR count). The van der Waals surface area contributed by atoms with Crippen molar-refractivity contribution in [1.82, 2.24) is 5.32 Å². The summed E-state index contributed by atoms with van der Waals surface area (Å²) in [5, 5.41) is 87.8. The van der Waals surface area contributed by atoms with Crippen molar-refractivity contribution in [1.29, 1.82) is 0 Å². The van der Waals surface area contributed by atoms with E-state index in [2.05, 4.69) is 10.6 Å². The quantitative estimate of drug-likeness (QED) is 0.161. The van der Waals surface area contributed by atoms with Crippen LogP contribution in [0.2, 0.25) is 5.02 Å². The van der Waals surface area contributed by atoms with Gasteiger partial charge in [-0.15, -0.1) is 0 Å². The number of anilines is 1. The van der Waals surface area contributed by atoms with Crippen molar-refractivity contribution in [3.8, 4) is 28.4 Å². The second-order valence-corrected chi connectivity index (χ2v) is 10.2. The molecule has 3 aromatic rings. The molecule has 1 heterocycles. The van der Waals surface area contributed by atoms with Gasteiger partial charge in [0.05, 0.1) is 10.6 Å². The molecule has 1 aliphatic carbocycles. The van der Waals surface area contributed by atoms with E-state index in [-0.39, 0.29) is 21.8 Å². The zero-order valence-corrected chi connectivity index (χ0v) is 20.6. The molecular formula is C26H25ClN2O9. The van der Waals surface area contributed by atoms with Gasteiger partial charge in [0.2, 0.25) is 5.75 Å². The third-order valence-corrected chi connectivity index (χ3v) is 7.75. The summed E-state index contributed by atoms with van der Waals surface area (Å²) >= 11 is 6.09. The van der Waals surface area contributed by atoms with E-state index in [4.69, 9.17) is 11.6 Å². The van der Waals surface area contributed by atoms with Gasteiger partial charge in [-0.2, -0.15) is 0 Å². The van der Waals surface area contributed by atoms with E-state index in [1.165, 1.54) is 24.3 Å². The second-order valence-electron chi connectivity index (χ2n) is 9.80. The minimum absolute atomic E-state index is 0.0700. The summed E-state index contributed by atoms with van der Waals surface area (Å²) in [5.74, 6) is -7.74. The van der Waals surface area contributed by atoms with Gasteiger partial charge in [0.25, 0.3) is 5.91 Å². The summed E-state index contributed by atoms with van der Waals surface area (Å²) < 4.78 is 0. The van der Waals surface area contributed by atoms with E-state index in [0.29, 0.717) is 16.7 Å². The van der Waals surface area contributed by atoms with Crippen molar-refractivity contribution in [2.75, 3.05) is 5.32 Å². The molecule has 200 valence electrons. The lowest BCUT2D eigenvalue weighted by Crippen LogP contribution is -2.84. The summed E-state index contributed by atoms with van der Waals surface area (Å²) in [5.41, 5.74) is -2.61. The number of aromatic carboxylic acids is 1. The van der Waals surface area contributed by atoms with E-state index in [1.807, 2.05) is 0 Å². The lowest BCUT2D eigenvalue weighted by Gasteiger charge is -2.61. The summed E-state index contributed by atoms with van der Waals surface area (Å²) in [6.07, 6.45) is -0.604. The van der Waals surface area contributed by atoms with Gasteiger partial charge in [-0.05, 0) is 46.9 Å². The fraction of sp³-hybridized carbons (Fsp3) is 0.269. The van der Waals surface area contributed by atoms with Crippen LogP contribution in [0.4, 0.5) is 5.69 Å². The number of phenolic OH excluding ortho intramolecular Hbond substituents is 3.